The summed E-state index contributed by atoms with van der Waals surface area (Å²) in [5.74, 6) is -0.0515. The number of aromatic nitrogens is 2. The second-order valence-electron chi connectivity index (χ2n) is 8.87. The van der Waals surface area contributed by atoms with Crippen LogP contribution in [-0.4, -0.2) is 15.9 Å². The number of para-hydroxylation sites is 1. The van der Waals surface area contributed by atoms with Crippen LogP contribution in [-0.2, 0) is 4.79 Å². The first kappa shape index (κ1) is 23.9. The first-order valence-corrected chi connectivity index (χ1v) is 10.7. The number of allylic oxidation sites excluding steroid dienone is 5. The van der Waals surface area contributed by atoms with Crippen molar-refractivity contribution in [2.45, 2.75) is 34.6 Å². The lowest BCUT2D eigenvalue weighted by molar-refractivity contribution is -0.123. The summed E-state index contributed by atoms with van der Waals surface area (Å²) in [7, 11) is 0. The number of nitrogens with zero attached hydrogens (tertiary/aromatic N) is 2. The van der Waals surface area contributed by atoms with Crippen LogP contribution in [0.4, 0.5) is 21.6 Å². The van der Waals surface area contributed by atoms with Gasteiger partial charge in [-0.2, -0.15) is 0 Å². The van der Waals surface area contributed by atoms with Gasteiger partial charge in [0.25, 0.3) is 0 Å². The number of benzene rings is 1. The molecule has 0 atom stereocenters. The van der Waals surface area contributed by atoms with Gasteiger partial charge in [0.1, 0.15) is 11.6 Å². The summed E-state index contributed by atoms with van der Waals surface area (Å²) >= 11 is 0. The Morgan fingerprint density at radius 3 is 2.55 bits per heavy atom. The molecule has 0 aliphatic rings. The van der Waals surface area contributed by atoms with Gasteiger partial charge in [0.15, 0.2) is 0 Å². The molecule has 2 N–H and O–H groups in total. The van der Waals surface area contributed by atoms with Gasteiger partial charge >= 0.3 is 0 Å². The third kappa shape index (κ3) is 5.92. The zero-order valence-corrected chi connectivity index (χ0v) is 19.7. The van der Waals surface area contributed by atoms with Gasteiger partial charge in [0.05, 0.1) is 16.9 Å². The van der Waals surface area contributed by atoms with Gasteiger partial charge < -0.3 is 10.6 Å². The molecule has 0 unspecified atom stereocenters. The minimum Gasteiger partial charge on any atom is -0.355 e. The van der Waals surface area contributed by atoms with Crippen LogP contribution in [0.5, 0.6) is 0 Å². The summed E-state index contributed by atoms with van der Waals surface area (Å²) in [6.45, 7) is 12.9. The first-order valence-electron chi connectivity index (χ1n) is 10.7. The van der Waals surface area contributed by atoms with Crippen LogP contribution in [0, 0.1) is 5.41 Å². The molecular formula is C27H29FN4O. The van der Waals surface area contributed by atoms with Crippen LogP contribution in [0.1, 0.15) is 40.3 Å². The summed E-state index contributed by atoms with van der Waals surface area (Å²) in [5, 5.41) is 7.11. The molecule has 1 amide bonds. The Morgan fingerprint density at radius 1 is 1.15 bits per heavy atom. The minimum absolute atomic E-state index is 0.125. The van der Waals surface area contributed by atoms with Gasteiger partial charge in [-0.25, -0.2) is 14.4 Å². The molecule has 0 aliphatic carbocycles. The lowest BCUT2D eigenvalue weighted by atomic mass is 9.96. The zero-order valence-electron chi connectivity index (χ0n) is 19.7. The zero-order chi connectivity index (χ0) is 24.2. The highest BCUT2D eigenvalue weighted by Crippen LogP contribution is 2.32. The third-order valence-electron chi connectivity index (χ3n) is 4.86. The minimum atomic E-state index is -0.537. The fourth-order valence-corrected chi connectivity index (χ4v) is 3.12. The van der Waals surface area contributed by atoms with Crippen molar-refractivity contribution >= 4 is 39.6 Å². The van der Waals surface area contributed by atoms with E-state index in [0.717, 1.165) is 27.9 Å². The Labute approximate surface area is 194 Å². The van der Waals surface area contributed by atoms with Gasteiger partial charge in [-0.05, 0) is 38.1 Å². The van der Waals surface area contributed by atoms with Gasteiger partial charge in [-0.1, -0.05) is 57.2 Å². The molecule has 170 valence electrons. The SMILES string of the molecule is C=C(C)/C=C(\C(F)=C/C)c1cc(Nc2ccnc(NC(=O)C(C)(C)C)c2)c2ccccc2n1. The van der Waals surface area contributed by atoms with Crippen molar-refractivity contribution < 1.29 is 9.18 Å². The molecule has 0 spiro atoms. The Kier molecular flexibility index (Phi) is 7.07. The smallest absolute Gasteiger partial charge is 0.230 e. The highest BCUT2D eigenvalue weighted by Gasteiger charge is 2.21. The Morgan fingerprint density at radius 2 is 1.88 bits per heavy atom. The van der Waals surface area contributed by atoms with Gasteiger partial charge in [-0.3, -0.25) is 4.79 Å². The predicted molar refractivity (Wildman–Crippen MR) is 135 cm³/mol. The number of carbonyl (C=O) groups excluding carboxylic acids is 1. The van der Waals surface area contributed by atoms with E-state index < -0.39 is 5.41 Å². The summed E-state index contributed by atoms with van der Waals surface area (Å²) in [5.41, 5.74) is 3.25. The monoisotopic (exact) mass is 444 g/mol. The molecule has 0 radical (unpaired) electrons. The number of pyridine rings is 2. The van der Waals surface area contributed by atoms with E-state index in [4.69, 9.17) is 0 Å². The highest BCUT2D eigenvalue weighted by molar-refractivity contribution is 5.97. The molecule has 2 heterocycles. The summed E-state index contributed by atoms with van der Waals surface area (Å²) in [4.78, 5) is 21.3. The summed E-state index contributed by atoms with van der Waals surface area (Å²) < 4.78 is 14.7. The number of rotatable bonds is 6. The number of fused-ring (bicyclic) bond motifs is 1. The molecule has 0 saturated heterocycles. The van der Waals surface area contributed by atoms with Crippen molar-refractivity contribution in [2.24, 2.45) is 5.41 Å². The van der Waals surface area contributed by atoms with Crippen LogP contribution < -0.4 is 10.6 Å². The molecule has 0 fully saturated rings. The topological polar surface area (TPSA) is 66.9 Å². The number of amides is 1. The fraction of sp³-hybridized carbons (Fsp3) is 0.222. The van der Waals surface area contributed by atoms with E-state index in [1.165, 1.54) is 6.08 Å². The van der Waals surface area contributed by atoms with E-state index in [9.17, 15) is 9.18 Å². The average molecular weight is 445 g/mol. The molecule has 1 aromatic carbocycles. The van der Waals surface area contributed by atoms with Crippen molar-refractivity contribution in [2.75, 3.05) is 10.6 Å². The van der Waals surface area contributed by atoms with Crippen LogP contribution in [0.2, 0.25) is 0 Å². The molecule has 3 aromatic rings. The molecule has 0 aliphatic heterocycles. The molecule has 3 rings (SSSR count). The number of carbonyl (C=O) groups is 1. The highest BCUT2D eigenvalue weighted by atomic mass is 19.1. The Balaban J connectivity index is 2.06. The molecule has 6 heteroatoms. The van der Waals surface area contributed by atoms with Crippen LogP contribution >= 0.6 is 0 Å². The largest absolute Gasteiger partial charge is 0.355 e. The predicted octanol–water partition coefficient (Wildman–Crippen LogP) is 7.19. The van der Waals surface area contributed by atoms with E-state index in [1.807, 2.05) is 58.0 Å². The average Bonchev–Trinajstić information content (AvgIpc) is 2.76. The maximum Gasteiger partial charge on any atom is 0.230 e. The molecule has 2 aromatic heterocycles. The van der Waals surface area contributed by atoms with Crippen molar-refractivity contribution in [1.29, 1.82) is 0 Å². The van der Waals surface area contributed by atoms with Crippen molar-refractivity contribution in [3.05, 3.63) is 84.5 Å². The van der Waals surface area contributed by atoms with Crippen LogP contribution in [0.3, 0.4) is 0 Å². The lowest BCUT2D eigenvalue weighted by Gasteiger charge is -2.18. The maximum absolute atomic E-state index is 14.7. The second-order valence-corrected chi connectivity index (χ2v) is 8.87. The summed E-state index contributed by atoms with van der Waals surface area (Å²) in [6, 6.07) is 13.0. The number of anilines is 3. The number of hydrogen-bond donors (Lipinski definition) is 2. The molecule has 0 bridgehead atoms. The normalized spacial score (nSPS) is 12.5. The van der Waals surface area contributed by atoms with Crippen LogP contribution in [0.15, 0.2) is 78.8 Å². The number of halogens is 1. The first-order chi connectivity index (χ1) is 15.6. The van der Waals surface area contributed by atoms with Crippen molar-refractivity contribution in [3.8, 4) is 0 Å². The van der Waals surface area contributed by atoms with Crippen molar-refractivity contribution in [1.82, 2.24) is 9.97 Å². The number of hydrogen-bond acceptors (Lipinski definition) is 4. The van der Waals surface area contributed by atoms with Gasteiger partial charge in [-0.15, -0.1) is 0 Å². The standard InChI is InChI=1S/C27H29FN4O/c1-7-21(28)20(14-17(2)3)24-16-23(19-10-8-9-11-22(19)31-24)30-18-12-13-29-25(15-18)32-26(33)27(4,5)6/h7-16H,2H2,1,3-6H3,(H2,29,30,31,32,33)/b20-14+,21-7+. The molecule has 0 saturated carbocycles. The van der Waals surface area contributed by atoms with E-state index in [2.05, 4.69) is 27.2 Å². The van der Waals surface area contributed by atoms with E-state index in [1.54, 1.807) is 31.3 Å². The molecule has 33 heavy (non-hydrogen) atoms. The maximum atomic E-state index is 14.7. The number of nitrogens with one attached hydrogen (secondary N) is 2. The Hall–Kier alpha value is -3.80. The van der Waals surface area contributed by atoms with E-state index >= 15 is 0 Å². The van der Waals surface area contributed by atoms with E-state index in [-0.39, 0.29) is 11.7 Å². The lowest BCUT2D eigenvalue weighted by Crippen LogP contribution is -2.28. The van der Waals surface area contributed by atoms with Gasteiger partial charge in [0.2, 0.25) is 5.91 Å². The molecular weight excluding hydrogens is 415 g/mol. The third-order valence-corrected chi connectivity index (χ3v) is 4.86. The second kappa shape index (κ2) is 9.77. The quantitative estimate of drug-likeness (QED) is 0.395. The van der Waals surface area contributed by atoms with Gasteiger partial charge in [0, 0.05) is 34.3 Å². The molecule has 5 nitrogen and oxygen atoms in total. The summed E-state index contributed by atoms with van der Waals surface area (Å²) in [6.07, 6.45) is 4.71. The van der Waals surface area contributed by atoms with E-state index in [0.29, 0.717) is 17.1 Å². The van der Waals surface area contributed by atoms with Crippen molar-refractivity contribution in [3.63, 3.8) is 0 Å². The van der Waals surface area contributed by atoms with Crippen LogP contribution in [0.25, 0.3) is 16.5 Å². The Bertz CT molecular complexity index is 1270. The fourth-order valence-electron chi connectivity index (χ4n) is 3.12.